The molecule has 0 fully saturated rings. The second kappa shape index (κ2) is 13.8. The van der Waals surface area contributed by atoms with Crippen molar-refractivity contribution in [1.82, 2.24) is 0 Å². The predicted octanol–water partition coefficient (Wildman–Crippen LogP) is 4.44. The molecule has 0 spiro atoms. The highest BCUT2D eigenvalue weighted by Crippen LogP contribution is 2.37. The molecular weight excluding hydrogens is 460 g/mol. The van der Waals surface area contributed by atoms with Gasteiger partial charge < -0.3 is 23.7 Å². The summed E-state index contributed by atoms with van der Waals surface area (Å²) < 4.78 is 27.3. The highest BCUT2D eigenvalue weighted by atomic mass is 16.6. The molecule has 3 aromatic carbocycles. The molecule has 0 saturated heterocycles. The minimum absolute atomic E-state index is 0.00503. The first-order chi connectivity index (χ1) is 17.5. The summed E-state index contributed by atoms with van der Waals surface area (Å²) in [6.07, 6.45) is 1.09. The zero-order chi connectivity index (χ0) is 25.8. The Bertz CT molecular complexity index is 1060. The van der Waals surface area contributed by atoms with E-state index < -0.39 is 17.9 Å². The van der Waals surface area contributed by atoms with Crippen LogP contribution in [0.5, 0.6) is 17.2 Å². The van der Waals surface area contributed by atoms with Crippen LogP contribution in [-0.4, -0.2) is 46.5 Å². The fraction of sp³-hybridized carbons (Fsp3) is 0.310. The van der Waals surface area contributed by atoms with Gasteiger partial charge in [-0.05, 0) is 17.2 Å². The van der Waals surface area contributed by atoms with Gasteiger partial charge in [0.2, 0.25) is 0 Å². The molecule has 0 saturated carbocycles. The Kier molecular flexibility index (Phi) is 10.2. The first-order valence-corrected chi connectivity index (χ1v) is 11.8. The molecule has 0 bridgehead atoms. The first-order valence-electron chi connectivity index (χ1n) is 11.8. The highest BCUT2D eigenvalue weighted by molar-refractivity contribution is 5.95. The van der Waals surface area contributed by atoms with Crippen molar-refractivity contribution in [1.29, 1.82) is 0 Å². The maximum Gasteiger partial charge on any atom is 0.320 e. The Morgan fingerprint density at radius 1 is 0.694 bits per heavy atom. The molecular formula is C29H32O7. The van der Waals surface area contributed by atoms with Crippen LogP contribution < -0.4 is 14.2 Å². The molecule has 7 nitrogen and oxygen atoms in total. The fourth-order valence-corrected chi connectivity index (χ4v) is 3.80. The van der Waals surface area contributed by atoms with Crippen molar-refractivity contribution in [3.8, 4) is 17.2 Å². The molecule has 7 heteroatoms. The number of hydrogen-bond donors (Lipinski definition) is 0. The molecule has 3 aromatic rings. The number of benzene rings is 3. The average Bonchev–Trinajstić information content (AvgIpc) is 2.92. The number of esters is 2. The number of carbonyl (C=O) groups excluding carboxylic acids is 2. The van der Waals surface area contributed by atoms with Crippen LogP contribution in [0.25, 0.3) is 0 Å². The molecule has 0 aromatic heterocycles. The summed E-state index contributed by atoms with van der Waals surface area (Å²) in [5.41, 5.74) is 2.64. The van der Waals surface area contributed by atoms with Gasteiger partial charge in [-0.3, -0.25) is 9.59 Å². The van der Waals surface area contributed by atoms with E-state index in [0.29, 0.717) is 35.7 Å². The highest BCUT2D eigenvalue weighted by Gasteiger charge is 2.32. The van der Waals surface area contributed by atoms with Crippen LogP contribution in [0.15, 0.2) is 72.8 Å². The maximum atomic E-state index is 13.1. The molecule has 3 rings (SSSR count). The van der Waals surface area contributed by atoms with E-state index in [4.69, 9.17) is 23.7 Å². The molecule has 0 amide bonds. The van der Waals surface area contributed by atoms with Gasteiger partial charge >= 0.3 is 11.9 Å². The zero-order valence-electron chi connectivity index (χ0n) is 20.9. The lowest BCUT2D eigenvalue weighted by Gasteiger charge is -2.19. The van der Waals surface area contributed by atoms with Gasteiger partial charge in [-0.2, -0.15) is 0 Å². The van der Waals surface area contributed by atoms with Gasteiger partial charge in [-0.15, -0.1) is 0 Å². The van der Waals surface area contributed by atoms with Crippen molar-refractivity contribution >= 4 is 11.9 Å². The van der Waals surface area contributed by atoms with Crippen molar-refractivity contribution in [2.24, 2.45) is 5.92 Å². The van der Waals surface area contributed by atoms with E-state index in [-0.39, 0.29) is 19.6 Å². The average molecular weight is 493 g/mol. The Morgan fingerprint density at radius 3 is 1.67 bits per heavy atom. The van der Waals surface area contributed by atoms with Gasteiger partial charge in [0.15, 0.2) is 17.4 Å². The third-order valence-corrected chi connectivity index (χ3v) is 5.71. The third-order valence-electron chi connectivity index (χ3n) is 5.71. The van der Waals surface area contributed by atoms with E-state index in [9.17, 15) is 9.59 Å². The van der Waals surface area contributed by atoms with Crippen molar-refractivity contribution in [2.75, 3.05) is 34.5 Å². The minimum Gasteiger partial charge on any atom is -0.497 e. The van der Waals surface area contributed by atoms with E-state index in [1.807, 2.05) is 60.7 Å². The zero-order valence-corrected chi connectivity index (χ0v) is 20.9. The largest absolute Gasteiger partial charge is 0.497 e. The monoisotopic (exact) mass is 492 g/mol. The first kappa shape index (κ1) is 26.6. The van der Waals surface area contributed by atoms with E-state index >= 15 is 0 Å². The second-order valence-corrected chi connectivity index (χ2v) is 8.08. The molecule has 0 N–H and O–H groups in total. The summed E-state index contributed by atoms with van der Waals surface area (Å²) >= 11 is 0. The fourth-order valence-electron chi connectivity index (χ4n) is 3.80. The molecule has 0 aliphatic carbocycles. The van der Waals surface area contributed by atoms with Crippen molar-refractivity contribution < 1.29 is 33.3 Å². The van der Waals surface area contributed by atoms with Crippen LogP contribution >= 0.6 is 0 Å². The molecule has 0 atom stereocenters. The summed E-state index contributed by atoms with van der Waals surface area (Å²) in [5, 5.41) is 0. The smallest absolute Gasteiger partial charge is 0.320 e. The molecule has 0 aliphatic heterocycles. The lowest BCUT2D eigenvalue weighted by atomic mass is 9.97. The number of hydrogen-bond acceptors (Lipinski definition) is 7. The Hall–Kier alpha value is -4.00. The van der Waals surface area contributed by atoms with Gasteiger partial charge in [0, 0.05) is 30.9 Å². The van der Waals surface area contributed by atoms with Gasteiger partial charge in [-0.25, -0.2) is 0 Å². The van der Waals surface area contributed by atoms with Gasteiger partial charge in [-0.1, -0.05) is 60.7 Å². The van der Waals surface area contributed by atoms with Crippen LogP contribution in [-0.2, 0) is 38.3 Å². The molecule has 0 aliphatic rings. The standard InChI is InChI=1S/C29H32O7/c1-32-24-18-23(27(34-3)26(20-24)33-2)19-25(28(30)35-16-14-21-10-6-4-7-11-21)29(31)36-17-15-22-12-8-5-9-13-22/h4-13,18,20,25H,14-17,19H2,1-3H3. The van der Waals surface area contributed by atoms with Gasteiger partial charge in [0.25, 0.3) is 0 Å². The lowest BCUT2D eigenvalue weighted by molar-refractivity contribution is -0.162. The second-order valence-electron chi connectivity index (χ2n) is 8.08. The van der Waals surface area contributed by atoms with E-state index in [2.05, 4.69) is 0 Å². The van der Waals surface area contributed by atoms with Crippen LogP contribution in [0.3, 0.4) is 0 Å². The summed E-state index contributed by atoms with van der Waals surface area (Å²) in [5.74, 6) is -1.13. The van der Waals surface area contributed by atoms with Crippen molar-refractivity contribution in [3.05, 3.63) is 89.5 Å². The molecule has 0 unspecified atom stereocenters. The Balaban J connectivity index is 1.76. The van der Waals surface area contributed by atoms with Crippen LogP contribution in [0.2, 0.25) is 0 Å². The quantitative estimate of drug-likeness (QED) is 0.258. The van der Waals surface area contributed by atoms with Crippen molar-refractivity contribution in [2.45, 2.75) is 19.3 Å². The maximum absolute atomic E-state index is 13.1. The summed E-state index contributed by atoms with van der Waals surface area (Å²) in [6.45, 7) is 0.296. The van der Waals surface area contributed by atoms with E-state index in [1.165, 1.54) is 21.3 Å². The van der Waals surface area contributed by atoms with Crippen molar-refractivity contribution in [3.63, 3.8) is 0 Å². The Morgan fingerprint density at radius 2 is 1.22 bits per heavy atom. The molecule has 190 valence electrons. The van der Waals surface area contributed by atoms with Crippen LogP contribution in [0.4, 0.5) is 0 Å². The summed E-state index contributed by atoms with van der Waals surface area (Å²) in [7, 11) is 4.53. The lowest BCUT2D eigenvalue weighted by Crippen LogP contribution is -2.31. The van der Waals surface area contributed by atoms with Crippen LogP contribution in [0.1, 0.15) is 16.7 Å². The number of methoxy groups -OCH3 is 3. The molecule has 36 heavy (non-hydrogen) atoms. The minimum atomic E-state index is -1.18. The molecule has 0 heterocycles. The predicted molar refractivity (Wildman–Crippen MR) is 136 cm³/mol. The van der Waals surface area contributed by atoms with E-state index in [1.54, 1.807) is 12.1 Å². The number of carbonyl (C=O) groups is 2. The summed E-state index contributed by atoms with van der Waals surface area (Å²) in [6, 6.07) is 22.7. The molecule has 0 radical (unpaired) electrons. The number of rotatable bonds is 13. The topological polar surface area (TPSA) is 80.3 Å². The normalized spacial score (nSPS) is 10.6. The third kappa shape index (κ3) is 7.50. The number of ether oxygens (including phenoxy) is 5. The van der Waals surface area contributed by atoms with E-state index in [0.717, 1.165) is 11.1 Å². The SMILES string of the molecule is COc1cc(CC(C(=O)OCCc2ccccc2)C(=O)OCCc2ccccc2)c(OC)c(OC)c1. The van der Waals surface area contributed by atoms with Gasteiger partial charge in [0.1, 0.15) is 5.75 Å². The summed E-state index contributed by atoms with van der Waals surface area (Å²) in [4.78, 5) is 26.2. The van der Waals surface area contributed by atoms with Gasteiger partial charge in [0.05, 0.1) is 34.5 Å². The van der Waals surface area contributed by atoms with Crippen LogP contribution in [0, 0.1) is 5.92 Å². The Labute approximate surface area is 211 Å².